The molecule has 1 unspecified atom stereocenters. The average molecular weight is 482 g/mol. The van der Waals surface area contributed by atoms with Gasteiger partial charge in [-0.25, -0.2) is 8.96 Å². The maximum Gasteiger partial charge on any atom is 0.418 e. The molecular weight excluding hydrogens is 448 g/mol. The molecule has 2 N–H and O–H groups in total. The molecule has 0 saturated heterocycles. The molecule has 2 heterocycles. The minimum absolute atomic E-state index is 0.331. The molecule has 1 aromatic carbocycles. The molecule has 8 heteroatoms. The van der Waals surface area contributed by atoms with E-state index in [2.05, 4.69) is 5.32 Å². The van der Waals surface area contributed by atoms with Gasteiger partial charge in [0.1, 0.15) is 18.6 Å². The second-order valence-corrected chi connectivity index (χ2v) is 9.59. The summed E-state index contributed by atoms with van der Waals surface area (Å²) < 4.78 is 64.5. The maximum atomic E-state index is 14.2. The highest BCUT2D eigenvalue weighted by atomic mass is 19.4. The highest BCUT2D eigenvalue weighted by molar-refractivity contribution is 5.66. The van der Waals surface area contributed by atoms with Gasteiger partial charge in [-0.05, 0) is 37.3 Å². The largest absolute Gasteiger partial charge is 0.493 e. The van der Waals surface area contributed by atoms with Crippen molar-refractivity contribution in [1.82, 2.24) is 5.32 Å². The van der Waals surface area contributed by atoms with Crippen LogP contribution in [0.3, 0.4) is 0 Å². The van der Waals surface area contributed by atoms with E-state index >= 15 is 0 Å². The summed E-state index contributed by atoms with van der Waals surface area (Å²) in [5.41, 5.74) is -1.05. The molecule has 0 aliphatic carbocycles. The molecular formula is C26H33F4N2O2+. The van der Waals surface area contributed by atoms with Crippen molar-refractivity contribution < 1.29 is 32.0 Å². The molecule has 3 rings (SSSR count). The summed E-state index contributed by atoms with van der Waals surface area (Å²) in [5.74, 6) is -0.107. The first-order valence-corrected chi connectivity index (χ1v) is 11.4. The van der Waals surface area contributed by atoms with E-state index in [4.69, 9.17) is 4.74 Å². The van der Waals surface area contributed by atoms with Crippen LogP contribution in [-0.4, -0.2) is 30.0 Å². The van der Waals surface area contributed by atoms with Crippen molar-refractivity contribution in [3.05, 3.63) is 64.7 Å². The van der Waals surface area contributed by atoms with E-state index in [0.717, 1.165) is 11.1 Å². The molecule has 1 atom stereocenters. The number of nitrogens with zero attached hydrogens (tertiary/aromatic N) is 1. The molecule has 2 aromatic rings. The molecule has 0 radical (unpaired) electrons. The van der Waals surface area contributed by atoms with E-state index in [0.29, 0.717) is 42.0 Å². The molecule has 4 nitrogen and oxygen atoms in total. The molecule has 1 aromatic heterocycles. The Morgan fingerprint density at radius 3 is 2.59 bits per heavy atom. The first-order chi connectivity index (χ1) is 15.8. The second kappa shape index (κ2) is 9.56. The topological polar surface area (TPSA) is 45.4 Å². The van der Waals surface area contributed by atoms with Crippen LogP contribution in [0, 0.1) is 5.82 Å². The lowest BCUT2D eigenvalue weighted by atomic mass is 9.74. The predicted molar refractivity (Wildman–Crippen MR) is 123 cm³/mol. The van der Waals surface area contributed by atoms with Crippen molar-refractivity contribution in [2.45, 2.75) is 64.1 Å². The predicted octanol–water partition coefficient (Wildman–Crippen LogP) is 4.76. The number of pyridine rings is 1. The second-order valence-electron chi connectivity index (χ2n) is 9.59. The number of aromatic nitrogens is 1. The fraction of sp³-hybridized carbons (Fsp3) is 0.500. The van der Waals surface area contributed by atoms with Crippen LogP contribution in [0.4, 0.5) is 17.6 Å². The van der Waals surface area contributed by atoms with Gasteiger partial charge in [0.15, 0.2) is 18.0 Å². The van der Waals surface area contributed by atoms with Gasteiger partial charge in [0.05, 0.1) is 13.2 Å². The lowest BCUT2D eigenvalue weighted by molar-refractivity contribution is -0.671. The minimum atomic E-state index is -4.91. The van der Waals surface area contributed by atoms with Crippen LogP contribution < -0.4 is 14.6 Å². The van der Waals surface area contributed by atoms with E-state index in [-0.39, 0.29) is 0 Å². The van der Waals surface area contributed by atoms with Crippen LogP contribution in [0.25, 0.3) is 5.70 Å². The molecule has 34 heavy (non-hydrogen) atoms. The van der Waals surface area contributed by atoms with Gasteiger partial charge in [-0.15, -0.1) is 0 Å². The molecule has 186 valence electrons. The third-order valence-electron chi connectivity index (χ3n) is 6.45. The fourth-order valence-electron chi connectivity index (χ4n) is 4.66. The Morgan fingerprint density at radius 2 is 1.97 bits per heavy atom. The number of aliphatic hydroxyl groups is 1. The Morgan fingerprint density at radius 1 is 1.26 bits per heavy atom. The van der Waals surface area contributed by atoms with Crippen molar-refractivity contribution in [2.75, 3.05) is 13.2 Å². The van der Waals surface area contributed by atoms with Gasteiger partial charge in [-0.2, -0.15) is 13.2 Å². The Hall–Kier alpha value is -2.61. The lowest BCUT2D eigenvalue weighted by Gasteiger charge is -2.39. The number of rotatable bonds is 8. The van der Waals surface area contributed by atoms with Crippen LogP contribution in [0.2, 0.25) is 0 Å². The number of nitrogens with one attached hydrogen (secondary N) is 1. The Balaban J connectivity index is 1.91. The minimum Gasteiger partial charge on any atom is -0.493 e. The average Bonchev–Trinajstić information content (AvgIpc) is 3.21. The van der Waals surface area contributed by atoms with Gasteiger partial charge in [0.2, 0.25) is 0 Å². The molecule has 0 saturated carbocycles. The maximum absolute atomic E-state index is 14.2. The van der Waals surface area contributed by atoms with Gasteiger partial charge >= 0.3 is 6.18 Å². The van der Waals surface area contributed by atoms with Crippen molar-refractivity contribution in [2.24, 2.45) is 7.05 Å². The highest BCUT2D eigenvalue weighted by Gasteiger charge is 2.56. The summed E-state index contributed by atoms with van der Waals surface area (Å²) in [6, 6.07) is 4.40. The zero-order valence-corrected chi connectivity index (χ0v) is 20.3. The first kappa shape index (κ1) is 26.0. The van der Waals surface area contributed by atoms with E-state index in [9.17, 15) is 22.7 Å². The van der Waals surface area contributed by atoms with Crippen molar-refractivity contribution in [3.8, 4) is 5.75 Å². The number of benzene rings is 1. The summed E-state index contributed by atoms with van der Waals surface area (Å²) in [4.78, 5) is 0. The molecule has 1 aliphatic heterocycles. The van der Waals surface area contributed by atoms with Crippen LogP contribution in [0.1, 0.15) is 56.4 Å². The number of fused-ring (bicyclic) bond motifs is 1. The zero-order valence-electron chi connectivity index (χ0n) is 20.3. The first-order valence-electron chi connectivity index (χ1n) is 11.4. The Bertz CT molecular complexity index is 1080. The van der Waals surface area contributed by atoms with E-state index in [1.54, 1.807) is 26.8 Å². The van der Waals surface area contributed by atoms with E-state index < -0.39 is 36.0 Å². The number of alkyl halides is 3. The summed E-state index contributed by atoms with van der Waals surface area (Å²) in [5, 5.41) is 13.8. The van der Waals surface area contributed by atoms with Crippen LogP contribution >= 0.6 is 0 Å². The van der Waals surface area contributed by atoms with Gasteiger partial charge in [-0.3, -0.25) is 0 Å². The third-order valence-corrected chi connectivity index (χ3v) is 6.45. The van der Waals surface area contributed by atoms with Crippen LogP contribution in [-0.2, 0) is 25.3 Å². The molecule has 0 fully saturated rings. The number of ether oxygens (including phenoxy) is 1. The molecule has 0 bridgehead atoms. The van der Waals surface area contributed by atoms with E-state index in [1.165, 1.54) is 12.1 Å². The Labute approximate surface area is 198 Å². The number of halogens is 4. The normalized spacial score (nSPS) is 16.1. The number of allylic oxidation sites excluding steroid dienone is 1. The van der Waals surface area contributed by atoms with Crippen molar-refractivity contribution in [3.63, 3.8) is 0 Å². The summed E-state index contributed by atoms with van der Waals surface area (Å²) in [6.45, 7) is 6.46. The number of hydrogen-bond donors (Lipinski definition) is 2. The third kappa shape index (κ3) is 5.22. The SMILES string of the molecule is CC=C(NCC(O)(CC(C)(C)c1cc(F)cc2c1OCC2)C(F)(F)F)c1cc[n+](C)cc1CC. The molecule has 0 amide bonds. The van der Waals surface area contributed by atoms with Crippen molar-refractivity contribution in [1.29, 1.82) is 0 Å². The van der Waals surface area contributed by atoms with Crippen molar-refractivity contribution >= 4 is 5.70 Å². The Kier molecular flexibility index (Phi) is 7.31. The smallest absolute Gasteiger partial charge is 0.418 e. The van der Waals surface area contributed by atoms with Gasteiger partial charge < -0.3 is 15.2 Å². The summed E-state index contributed by atoms with van der Waals surface area (Å²) in [6.07, 6.45) is 1.06. The highest BCUT2D eigenvalue weighted by Crippen LogP contribution is 2.45. The van der Waals surface area contributed by atoms with Gasteiger partial charge in [0, 0.05) is 40.4 Å². The van der Waals surface area contributed by atoms with Crippen LogP contribution in [0.15, 0.2) is 36.7 Å². The zero-order chi connectivity index (χ0) is 25.3. The summed E-state index contributed by atoms with van der Waals surface area (Å²) in [7, 11) is 1.88. The van der Waals surface area contributed by atoms with Crippen LogP contribution in [0.5, 0.6) is 5.75 Å². The monoisotopic (exact) mass is 481 g/mol. The quantitative estimate of drug-likeness (QED) is 0.422. The van der Waals surface area contributed by atoms with Gasteiger partial charge in [0.25, 0.3) is 0 Å². The molecule has 1 aliphatic rings. The summed E-state index contributed by atoms with van der Waals surface area (Å²) >= 11 is 0. The fourth-order valence-corrected chi connectivity index (χ4v) is 4.66. The standard InChI is InChI=1S/C26H33F4N2O2/c1-6-17-14-32(5)10-8-20(17)22(7-2)31-16-25(33,26(28,29)30)15-24(3,4)21-13-19(27)12-18-9-11-34-23(18)21/h7-8,10,12-14,31,33H,6,9,11,15-16H2,1-5H3/q+1. The number of aryl methyl sites for hydroxylation is 2. The van der Waals surface area contributed by atoms with Gasteiger partial charge in [-0.1, -0.05) is 26.8 Å². The van der Waals surface area contributed by atoms with E-state index in [1.807, 2.05) is 37.0 Å². The lowest BCUT2D eigenvalue weighted by Crippen LogP contribution is -2.55. The number of hydrogen-bond acceptors (Lipinski definition) is 3. The molecule has 0 spiro atoms.